The van der Waals surface area contributed by atoms with Crippen LogP contribution in [-0.2, 0) is 9.59 Å². The van der Waals surface area contributed by atoms with Gasteiger partial charge >= 0.3 is 5.97 Å². The first-order chi connectivity index (χ1) is 13.0. The lowest BCUT2D eigenvalue weighted by Crippen LogP contribution is -2.35. The quantitative estimate of drug-likeness (QED) is 0.308. The molecule has 0 unspecified atom stereocenters. The number of rotatable bonds is 19. The van der Waals surface area contributed by atoms with Crippen LogP contribution in [0.2, 0.25) is 0 Å². The van der Waals surface area contributed by atoms with Crippen molar-refractivity contribution in [3.8, 4) is 0 Å². The summed E-state index contributed by atoms with van der Waals surface area (Å²) in [5, 5.41) is 12.1. The lowest BCUT2D eigenvalue weighted by Gasteiger charge is -2.19. The maximum atomic E-state index is 11.8. The summed E-state index contributed by atoms with van der Waals surface area (Å²) in [6, 6.07) is -0.433. The second-order valence-electron chi connectivity index (χ2n) is 7.95. The van der Waals surface area contributed by atoms with Crippen molar-refractivity contribution in [2.75, 3.05) is 20.6 Å². The van der Waals surface area contributed by atoms with Gasteiger partial charge in [-0.05, 0) is 39.8 Å². The van der Waals surface area contributed by atoms with Crippen LogP contribution >= 0.6 is 0 Å². The average molecular weight is 385 g/mol. The molecule has 0 aromatic heterocycles. The molecule has 0 fully saturated rings. The maximum absolute atomic E-state index is 11.8. The van der Waals surface area contributed by atoms with Gasteiger partial charge in [-0.2, -0.15) is 0 Å². The van der Waals surface area contributed by atoms with Gasteiger partial charge in [0.25, 0.3) is 0 Å². The Morgan fingerprint density at radius 3 is 1.81 bits per heavy atom. The molecule has 0 saturated carbocycles. The third-order valence-corrected chi connectivity index (χ3v) is 5.14. The molecule has 0 aliphatic heterocycles. The second-order valence-corrected chi connectivity index (χ2v) is 7.95. The average Bonchev–Trinajstić information content (AvgIpc) is 2.61. The Bertz CT molecular complexity index is 373. The van der Waals surface area contributed by atoms with Crippen molar-refractivity contribution in [3.63, 3.8) is 0 Å². The Balaban J connectivity index is 3.39. The zero-order valence-electron chi connectivity index (χ0n) is 18.1. The largest absolute Gasteiger partial charge is 0.480 e. The van der Waals surface area contributed by atoms with Gasteiger partial charge in [0.1, 0.15) is 6.04 Å². The molecule has 0 aromatic rings. The molecule has 2 N–H and O–H groups in total. The lowest BCUT2D eigenvalue weighted by atomic mass is 10.1. The summed E-state index contributed by atoms with van der Waals surface area (Å²) in [6.07, 6.45) is 17.1. The fraction of sp³-hybridized carbons (Fsp3) is 0.909. The van der Waals surface area contributed by atoms with Crippen LogP contribution in [0.3, 0.4) is 0 Å². The van der Waals surface area contributed by atoms with Crippen molar-refractivity contribution >= 4 is 11.9 Å². The summed E-state index contributed by atoms with van der Waals surface area (Å²) in [6.45, 7) is 2.90. The molecule has 27 heavy (non-hydrogen) atoms. The number of amides is 1. The summed E-state index contributed by atoms with van der Waals surface area (Å²) >= 11 is 0. The Morgan fingerprint density at radius 1 is 0.815 bits per heavy atom. The van der Waals surface area contributed by atoms with Crippen LogP contribution in [0.1, 0.15) is 103 Å². The minimum atomic E-state index is -0.777. The Hall–Kier alpha value is -1.10. The highest BCUT2D eigenvalue weighted by molar-refractivity contribution is 5.75. The van der Waals surface area contributed by atoms with Gasteiger partial charge in [0.15, 0.2) is 0 Å². The van der Waals surface area contributed by atoms with E-state index in [-0.39, 0.29) is 5.91 Å². The first kappa shape index (κ1) is 25.9. The number of likely N-dealkylation sites (N-methyl/N-ethyl adjacent to an activating group) is 1. The van der Waals surface area contributed by atoms with Crippen molar-refractivity contribution < 1.29 is 14.7 Å². The highest BCUT2D eigenvalue weighted by atomic mass is 16.4. The van der Waals surface area contributed by atoms with E-state index in [9.17, 15) is 9.59 Å². The lowest BCUT2D eigenvalue weighted by molar-refractivity contribution is -0.142. The molecule has 0 rings (SSSR count). The topological polar surface area (TPSA) is 69.6 Å². The molecule has 0 aromatic carbocycles. The minimum absolute atomic E-state index is 0.133. The molecule has 5 heteroatoms. The zero-order valence-corrected chi connectivity index (χ0v) is 18.1. The van der Waals surface area contributed by atoms with Crippen LogP contribution in [-0.4, -0.2) is 48.6 Å². The summed E-state index contributed by atoms with van der Waals surface area (Å²) in [5.74, 6) is -0.645. The van der Waals surface area contributed by atoms with E-state index in [0.29, 0.717) is 19.4 Å². The van der Waals surface area contributed by atoms with E-state index in [0.717, 1.165) is 25.7 Å². The fourth-order valence-electron chi connectivity index (χ4n) is 3.33. The molecule has 160 valence electrons. The number of carboxylic acid groups (broad SMARTS) is 1. The smallest absolute Gasteiger partial charge is 0.320 e. The molecule has 5 nitrogen and oxygen atoms in total. The van der Waals surface area contributed by atoms with E-state index in [1.54, 1.807) is 19.0 Å². The summed E-state index contributed by atoms with van der Waals surface area (Å²) in [7, 11) is 3.57. The highest BCUT2D eigenvalue weighted by Gasteiger charge is 2.18. The fourth-order valence-corrected chi connectivity index (χ4v) is 3.33. The highest BCUT2D eigenvalue weighted by Crippen LogP contribution is 2.12. The first-order valence-electron chi connectivity index (χ1n) is 11.1. The van der Waals surface area contributed by atoms with Gasteiger partial charge in [0.05, 0.1) is 0 Å². The van der Waals surface area contributed by atoms with Crippen LogP contribution in [0.15, 0.2) is 0 Å². The van der Waals surface area contributed by atoms with Gasteiger partial charge in [0, 0.05) is 13.0 Å². The molecule has 1 atom stereocenters. The van der Waals surface area contributed by atoms with Gasteiger partial charge in [-0.15, -0.1) is 0 Å². The van der Waals surface area contributed by atoms with Crippen molar-refractivity contribution in [2.45, 2.75) is 109 Å². The number of aliphatic carboxylic acids is 1. The molecule has 0 radical (unpaired) electrons. The summed E-state index contributed by atoms with van der Waals surface area (Å²) in [4.78, 5) is 24.6. The molecule has 0 bridgehead atoms. The molecule has 1 amide bonds. The molecular weight excluding hydrogens is 340 g/mol. The Kier molecular flexibility index (Phi) is 17.5. The van der Waals surface area contributed by atoms with Crippen molar-refractivity contribution in [1.82, 2.24) is 10.2 Å². The number of unbranched alkanes of at least 4 members (excludes halogenated alkanes) is 11. The van der Waals surface area contributed by atoms with E-state index >= 15 is 0 Å². The number of nitrogens with zero attached hydrogens (tertiary/aromatic N) is 1. The van der Waals surface area contributed by atoms with Gasteiger partial charge in [-0.25, -0.2) is 0 Å². The molecule has 0 spiro atoms. The number of carboxylic acids is 1. The number of carbonyl (C=O) groups excluding carboxylic acids is 1. The Morgan fingerprint density at radius 2 is 1.33 bits per heavy atom. The molecule has 0 heterocycles. The molecule has 0 aliphatic rings. The van der Waals surface area contributed by atoms with Crippen LogP contribution < -0.4 is 5.32 Å². The van der Waals surface area contributed by atoms with E-state index < -0.39 is 12.0 Å². The van der Waals surface area contributed by atoms with Crippen molar-refractivity contribution in [2.24, 2.45) is 0 Å². The van der Waals surface area contributed by atoms with E-state index in [1.807, 2.05) is 0 Å². The van der Waals surface area contributed by atoms with Crippen LogP contribution in [0.5, 0.6) is 0 Å². The minimum Gasteiger partial charge on any atom is -0.480 e. The van der Waals surface area contributed by atoms with E-state index in [2.05, 4.69) is 12.2 Å². The molecule has 0 saturated heterocycles. The predicted molar refractivity (Wildman–Crippen MR) is 113 cm³/mol. The zero-order chi connectivity index (χ0) is 20.3. The predicted octanol–water partition coefficient (Wildman–Crippen LogP) is 4.99. The first-order valence-corrected chi connectivity index (χ1v) is 11.1. The monoisotopic (exact) mass is 384 g/mol. The van der Waals surface area contributed by atoms with Gasteiger partial charge in [-0.1, -0.05) is 71.1 Å². The SMILES string of the molecule is CCCCCCCCCCCCCC(=O)NCCCC[C@@H](C(=O)O)N(C)C. The van der Waals surface area contributed by atoms with Crippen LogP contribution in [0.4, 0.5) is 0 Å². The molecular formula is C22H44N2O3. The van der Waals surface area contributed by atoms with E-state index in [4.69, 9.17) is 5.11 Å². The number of carbonyl (C=O) groups is 2. The van der Waals surface area contributed by atoms with Crippen molar-refractivity contribution in [3.05, 3.63) is 0 Å². The summed E-state index contributed by atoms with van der Waals surface area (Å²) in [5.41, 5.74) is 0. The number of hydrogen-bond acceptors (Lipinski definition) is 3. The van der Waals surface area contributed by atoms with Crippen LogP contribution in [0.25, 0.3) is 0 Å². The maximum Gasteiger partial charge on any atom is 0.320 e. The van der Waals surface area contributed by atoms with Gasteiger partial charge in [-0.3, -0.25) is 14.5 Å². The van der Waals surface area contributed by atoms with Gasteiger partial charge < -0.3 is 10.4 Å². The van der Waals surface area contributed by atoms with Gasteiger partial charge in [0.2, 0.25) is 5.91 Å². The second kappa shape index (κ2) is 18.3. The van der Waals surface area contributed by atoms with Crippen molar-refractivity contribution in [1.29, 1.82) is 0 Å². The normalized spacial score (nSPS) is 12.3. The third-order valence-electron chi connectivity index (χ3n) is 5.14. The standard InChI is InChI=1S/C22H44N2O3/c1-4-5-6-7-8-9-10-11-12-13-14-18-21(25)23-19-16-15-17-20(22(26)27)24(2)3/h20H,4-19H2,1-3H3,(H,23,25)(H,26,27)/t20-/m0/s1. The van der Waals surface area contributed by atoms with E-state index in [1.165, 1.54) is 57.8 Å². The van der Waals surface area contributed by atoms with Crippen LogP contribution in [0, 0.1) is 0 Å². The number of hydrogen-bond donors (Lipinski definition) is 2. The number of nitrogens with one attached hydrogen (secondary N) is 1. The Labute approximate surface area is 167 Å². The summed E-state index contributed by atoms with van der Waals surface area (Å²) < 4.78 is 0. The molecule has 0 aliphatic carbocycles. The third kappa shape index (κ3) is 16.8.